The summed E-state index contributed by atoms with van der Waals surface area (Å²) in [5, 5.41) is 3.68. The molecule has 2 nitrogen and oxygen atoms in total. The summed E-state index contributed by atoms with van der Waals surface area (Å²) in [6.07, 6.45) is 3.65. The van der Waals surface area contributed by atoms with E-state index in [-0.39, 0.29) is 0 Å². The van der Waals surface area contributed by atoms with Gasteiger partial charge in [0.05, 0.1) is 4.34 Å². The van der Waals surface area contributed by atoms with Crippen LogP contribution in [0.1, 0.15) is 31.6 Å². The van der Waals surface area contributed by atoms with Crippen LogP contribution in [0.5, 0.6) is 0 Å². The summed E-state index contributed by atoms with van der Waals surface area (Å²) >= 11 is 7.68. The number of rotatable bonds is 6. The molecule has 1 fully saturated rings. The average molecular weight is 301 g/mol. The largest absolute Gasteiger partial charge is 0.314 e. The first-order chi connectivity index (χ1) is 9.19. The summed E-state index contributed by atoms with van der Waals surface area (Å²) in [5.74, 6) is 0.757. The van der Waals surface area contributed by atoms with Gasteiger partial charge >= 0.3 is 0 Å². The van der Waals surface area contributed by atoms with E-state index in [2.05, 4.69) is 30.1 Å². The van der Waals surface area contributed by atoms with Crippen molar-refractivity contribution in [2.24, 2.45) is 5.92 Å². The molecule has 1 N–H and O–H groups in total. The monoisotopic (exact) mass is 300 g/mol. The summed E-state index contributed by atoms with van der Waals surface area (Å²) in [6, 6.07) is 4.88. The van der Waals surface area contributed by atoms with Gasteiger partial charge in [0.15, 0.2) is 0 Å². The van der Waals surface area contributed by atoms with Gasteiger partial charge in [-0.2, -0.15) is 0 Å². The third kappa shape index (κ3) is 4.75. The van der Waals surface area contributed by atoms with Crippen molar-refractivity contribution in [3.05, 3.63) is 21.3 Å². The molecule has 0 aromatic carbocycles. The maximum Gasteiger partial charge on any atom is 0.0931 e. The highest BCUT2D eigenvalue weighted by molar-refractivity contribution is 7.16. The highest BCUT2D eigenvalue weighted by Crippen LogP contribution is 2.23. The van der Waals surface area contributed by atoms with Crippen molar-refractivity contribution >= 4 is 22.9 Å². The van der Waals surface area contributed by atoms with Gasteiger partial charge in [0.2, 0.25) is 0 Å². The molecule has 1 aromatic rings. The number of halogens is 1. The number of hydrogen-bond donors (Lipinski definition) is 1. The lowest BCUT2D eigenvalue weighted by molar-refractivity contribution is 0.149. The number of likely N-dealkylation sites (tertiary alicyclic amines) is 1. The Kier molecular flexibility index (Phi) is 6.14. The Morgan fingerprint density at radius 1 is 1.47 bits per heavy atom. The molecule has 1 aromatic heterocycles. The predicted molar refractivity (Wildman–Crippen MR) is 85.3 cm³/mol. The molecule has 0 spiro atoms. The highest BCUT2D eigenvalue weighted by atomic mass is 35.5. The number of thiophene rings is 1. The average Bonchev–Trinajstić information content (AvgIpc) is 2.81. The van der Waals surface area contributed by atoms with Gasteiger partial charge in [0.1, 0.15) is 0 Å². The van der Waals surface area contributed by atoms with Crippen LogP contribution in [0.4, 0.5) is 0 Å². The number of nitrogens with one attached hydrogen (secondary N) is 1. The Labute approximate surface area is 126 Å². The van der Waals surface area contributed by atoms with Crippen LogP contribution in [0.25, 0.3) is 0 Å². The third-order valence-corrected chi connectivity index (χ3v) is 5.24. The summed E-state index contributed by atoms with van der Waals surface area (Å²) in [7, 11) is 0. The molecule has 2 rings (SSSR count). The zero-order chi connectivity index (χ0) is 13.7. The summed E-state index contributed by atoms with van der Waals surface area (Å²) in [5.41, 5.74) is 0. The van der Waals surface area contributed by atoms with Gasteiger partial charge in [0, 0.05) is 24.0 Å². The first-order valence-electron chi connectivity index (χ1n) is 7.39. The predicted octanol–water partition coefficient (Wildman–Crippen LogP) is 3.65. The fourth-order valence-electron chi connectivity index (χ4n) is 2.82. The minimum absolute atomic E-state index is 0.715. The molecular formula is C15H25ClN2S. The molecule has 0 bridgehead atoms. The van der Waals surface area contributed by atoms with E-state index in [9.17, 15) is 0 Å². The molecular weight excluding hydrogens is 276 g/mol. The van der Waals surface area contributed by atoms with E-state index in [0.717, 1.165) is 23.2 Å². The lowest BCUT2D eigenvalue weighted by atomic mass is 9.93. The van der Waals surface area contributed by atoms with E-state index >= 15 is 0 Å². The van der Waals surface area contributed by atoms with E-state index < -0.39 is 0 Å². The van der Waals surface area contributed by atoms with Crippen LogP contribution in [-0.4, -0.2) is 37.1 Å². The van der Waals surface area contributed by atoms with Crippen LogP contribution in [0.3, 0.4) is 0 Å². The number of piperidine rings is 1. The third-order valence-electron chi connectivity index (χ3n) is 3.95. The molecule has 1 saturated heterocycles. The molecule has 0 radical (unpaired) electrons. The zero-order valence-electron chi connectivity index (χ0n) is 12.0. The molecule has 108 valence electrons. The van der Waals surface area contributed by atoms with Gasteiger partial charge in [-0.05, 0) is 50.4 Å². The lowest BCUT2D eigenvalue weighted by Crippen LogP contribution is -2.48. The van der Waals surface area contributed by atoms with Gasteiger partial charge in [-0.1, -0.05) is 25.4 Å². The summed E-state index contributed by atoms with van der Waals surface area (Å²) in [6.45, 7) is 9.39. The van der Waals surface area contributed by atoms with E-state index in [0.29, 0.717) is 6.04 Å². The second-order valence-electron chi connectivity index (χ2n) is 5.58. The fraction of sp³-hybridized carbons (Fsp3) is 0.733. The SMILES string of the molecule is CCCNC1CCN(CCc2ccc(Cl)s2)CC1C. The highest BCUT2D eigenvalue weighted by Gasteiger charge is 2.24. The number of hydrogen-bond acceptors (Lipinski definition) is 3. The first kappa shape index (κ1) is 15.3. The second-order valence-corrected chi connectivity index (χ2v) is 7.38. The Morgan fingerprint density at radius 2 is 2.32 bits per heavy atom. The van der Waals surface area contributed by atoms with Gasteiger partial charge in [-0.3, -0.25) is 0 Å². The van der Waals surface area contributed by atoms with Gasteiger partial charge in [-0.15, -0.1) is 11.3 Å². The quantitative estimate of drug-likeness (QED) is 0.862. The van der Waals surface area contributed by atoms with E-state index in [1.165, 1.54) is 37.4 Å². The maximum absolute atomic E-state index is 5.97. The molecule has 0 aliphatic carbocycles. The van der Waals surface area contributed by atoms with Crippen molar-refractivity contribution in [2.75, 3.05) is 26.2 Å². The van der Waals surface area contributed by atoms with Gasteiger partial charge in [0.25, 0.3) is 0 Å². The van der Waals surface area contributed by atoms with Crippen molar-refractivity contribution in [2.45, 2.75) is 39.2 Å². The molecule has 19 heavy (non-hydrogen) atoms. The van der Waals surface area contributed by atoms with Crippen LogP contribution in [0.15, 0.2) is 12.1 Å². The number of nitrogens with zero attached hydrogens (tertiary/aromatic N) is 1. The van der Waals surface area contributed by atoms with Gasteiger partial charge < -0.3 is 10.2 Å². The minimum atomic E-state index is 0.715. The summed E-state index contributed by atoms with van der Waals surface area (Å²) < 4.78 is 0.908. The van der Waals surface area contributed by atoms with Crippen molar-refractivity contribution in [1.29, 1.82) is 0 Å². The smallest absolute Gasteiger partial charge is 0.0931 e. The Hall–Kier alpha value is -0.0900. The molecule has 2 atom stereocenters. The van der Waals surface area contributed by atoms with Crippen molar-refractivity contribution in [3.63, 3.8) is 0 Å². The molecule has 0 amide bonds. The van der Waals surface area contributed by atoms with Crippen molar-refractivity contribution in [3.8, 4) is 0 Å². The Morgan fingerprint density at radius 3 is 2.95 bits per heavy atom. The van der Waals surface area contributed by atoms with Gasteiger partial charge in [-0.25, -0.2) is 0 Å². The Balaban J connectivity index is 1.72. The van der Waals surface area contributed by atoms with Crippen molar-refractivity contribution < 1.29 is 0 Å². The molecule has 1 aliphatic rings. The molecule has 4 heteroatoms. The first-order valence-corrected chi connectivity index (χ1v) is 8.58. The summed E-state index contributed by atoms with van der Waals surface area (Å²) in [4.78, 5) is 4.01. The van der Waals surface area contributed by atoms with Crippen molar-refractivity contribution in [1.82, 2.24) is 10.2 Å². The van der Waals surface area contributed by atoms with E-state index in [4.69, 9.17) is 11.6 Å². The van der Waals surface area contributed by atoms with Crippen LogP contribution >= 0.6 is 22.9 Å². The minimum Gasteiger partial charge on any atom is -0.314 e. The zero-order valence-corrected chi connectivity index (χ0v) is 13.6. The topological polar surface area (TPSA) is 15.3 Å². The van der Waals surface area contributed by atoms with Crippen LogP contribution in [-0.2, 0) is 6.42 Å². The Bertz CT molecular complexity index is 380. The van der Waals surface area contributed by atoms with E-state index in [1.807, 2.05) is 6.07 Å². The van der Waals surface area contributed by atoms with Crippen LogP contribution in [0, 0.1) is 5.92 Å². The lowest BCUT2D eigenvalue weighted by Gasteiger charge is -2.37. The standard InChI is InChI=1S/C15H25ClN2S/c1-3-8-17-14-7-10-18(11-12(14)2)9-6-13-4-5-15(16)19-13/h4-5,12,14,17H,3,6-11H2,1-2H3. The van der Waals surface area contributed by atoms with Crippen LogP contribution < -0.4 is 5.32 Å². The molecule has 1 aliphatic heterocycles. The molecule has 2 heterocycles. The molecule has 2 unspecified atom stereocenters. The van der Waals surface area contributed by atoms with Crippen LogP contribution in [0.2, 0.25) is 4.34 Å². The molecule has 0 saturated carbocycles. The maximum atomic E-state index is 5.97. The second kappa shape index (κ2) is 7.63. The van der Waals surface area contributed by atoms with E-state index in [1.54, 1.807) is 11.3 Å². The normalized spacial score (nSPS) is 24.8. The fourth-order valence-corrected chi connectivity index (χ4v) is 3.90.